The van der Waals surface area contributed by atoms with Crippen molar-refractivity contribution in [3.63, 3.8) is 0 Å². The summed E-state index contributed by atoms with van der Waals surface area (Å²) in [5, 5.41) is 8.08. The molecule has 3 aromatic heterocycles. The number of fused-ring (bicyclic) bond motifs is 4. The standard InChI is InChI=1S/C34H38N6O3S/c1-20-24(6-5-7-28(20)39-9-8-25-26-14-34(2,3)15-29(26)44-31(25)33(39)42)21-12-27(32(41)37(4)16-21)35-30-13-22-17-38(23-18-43-19-23)10-11-40(22)36-30/h5-7,12-13,16,23H,8-11,14-15,17-19H2,1-4H3,(H,35,36). The van der Waals surface area contributed by atoms with Gasteiger partial charge in [0.1, 0.15) is 5.69 Å². The zero-order valence-corrected chi connectivity index (χ0v) is 26.6. The van der Waals surface area contributed by atoms with Crippen LogP contribution < -0.4 is 15.8 Å². The van der Waals surface area contributed by atoms with Crippen molar-refractivity contribution in [2.24, 2.45) is 12.5 Å². The van der Waals surface area contributed by atoms with E-state index in [1.54, 1.807) is 23.0 Å². The Morgan fingerprint density at radius 1 is 1.07 bits per heavy atom. The van der Waals surface area contributed by atoms with Crippen LogP contribution in [0.15, 0.2) is 41.3 Å². The molecule has 44 heavy (non-hydrogen) atoms. The summed E-state index contributed by atoms with van der Waals surface area (Å²) in [6, 6.07) is 10.6. The molecular formula is C34H38N6O3S. The Bertz CT molecular complexity index is 1880. The molecule has 3 aliphatic heterocycles. The van der Waals surface area contributed by atoms with Crippen LogP contribution in [-0.2, 0) is 44.1 Å². The summed E-state index contributed by atoms with van der Waals surface area (Å²) in [7, 11) is 1.78. The molecule has 0 atom stereocenters. The molecular weight excluding hydrogens is 572 g/mol. The second-order valence-corrected chi connectivity index (χ2v) is 14.7. The second kappa shape index (κ2) is 10.2. The Morgan fingerprint density at radius 3 is 2.70 bits per heavy atom. The minimum absolute atomic E-state index is 0.110. The van der Waals surface area contributed by atoms with Crippen LogP contribution in [0.5, 0.6) is 0 Å². The number of aryl methyl sites for hydroxylation is 1. The third kappa shape index (κ3) is 4.53. The highest BCUT2D eigenvalue weighted by Gasteiger charge is 2.38. The topological polar surface area (TPSA) is 84.6 Å². The quantitative estimate of drug-likeness (QED) is 0.346. The molecule has 0 saturated carbocycles. The number of amides is 1. The lowest BCUT2D eigenvalue weighted by Gasteiger charge is -2.39. The normalized spacial score (nSPS) is 19.5. The van der Waals surface area contributed by atoms with E-state index in [0.29, 0.717) is 24.1 Å². The van der Waals surface area contributed by atoms with Gasteiger partial charge in [0.25, 0.3) is 11.5 Å². The molecule has 1 aliphatic carbocycles. The Kier molecular flexibility index (Phi) is 6.41. The van der Waals surface area contributed by atoms with Crippen LogP contribution in [0.1, 0.15) is 50.8 Å². The molecule has 9 nitrogen and oxygen atoms in total. The predicted molar refractivity (Wildman–Crippen MR) is 173 cm³/mol. The van der Waals surface area contributed by atoms with Crippen LogP contribution in [-0.4, -0.2) is 57.5 Å². The number of carbonyl (C=O) groups excluding carboxylic acids is 1. The Hall–Kier alpha value is -3.73. The van der Waals surface area contributed by atoms with Crippen molar-refractivity contribution in [3.8, 4) is 11.1 Å². The van der Waals surface area contributed by atoms with E-state index in [1.807, 2.05) is 40.0 Å². The predicted octanol–water partition coefficient (Wildman–Crippen LogP) is 4.90. The summed E-state index contributed by atoms with van der Waals surface area (Å²) < 4.78 is 9.04. The van der Waals surface area contributed by atoms with E-state index >= 15 is 0 Å². The van der Waals surface area contributed by atoms with Gasteiger partial charge in [-0.05, 0) is 66.0 Å². The number of nitrogens with one attached hydrogen (secondary N) is 1. The van der Waals surface area contributed by atoms with Crippen molar-refractivity contribution in [1.29, 1.82) is 0 Å². The van der Waals surface area contributed by atoms with Crippen molar-refractivity contribution in [2.45, 2.75) is 59.2 Å². The van der Waals surface area contributed by atoms with Gasteiger partial charge in [-0.15, -0.1) is 11.3 Å². The molecule has 6 heterocycles. The average Bonchev–Trinajstić information content (AvgIpc) is 3.60. The number of thiophene rings is 1. The van der Waals surface area contributed by atoms with Gasteiger partial charge in [0.15, 0.2) is 5.82 Å². The third-order valence-corrected chi connectivity index (χ3v) is 11.1. The molecule has 1 N–H and O–H groups in total. The van der Waals surface area contributed by atoms with E-state index in [-0.39, 0.29) is 16.9 Å². The Morgan fingerprint density at radius 2 is 1.91 bits per heavy atom. The lowest BCUT2D eigenvalue weighted by atomic mass is 9.89. The van der Waals surface area contributed by atoms with Crippen molar-refractivity contribution >= 4 is 34.4 Å². The maximum atomic E-state index is 13.9. The molecule has 1 saturated heterocycles. The number of rotatable bonds is 5. The first-order chi connectivity index (χ1) is 21.1. The number of anilines is 3. The highest BCUT2D eigenvalue weighted by Crippen LogP contribution is 2.46. The molecule has 4 aliphatic rings. The fraction of sp³-hybridized carbons (Fsp3) is 0.441. The van der Waals surface area contributed by atoms with Gasteiger partial charge in [0, 0.05) is 55.1 Å². The number of aromatic nitrogens is 3. The number of carbonyl (C=O) groups is 1. The SMILES string of the molecule is Cc1c(-c2cc(Nc3cc4n(n3)CCN(C3COC3)C4)c(=O)n(C)c2)cccc1N1CCc2c(sc3c2CC(C)(C)C3)C1=O. The summed E-state index contributed by atoms with van der Waals surface area (Å²) in [6.45, 7) is 11.6. The zero-order chi connectivity index (χ0) is 30.3. The average molecular weight is 611 g/mol. The molecule has 10 heteroatoms. The number of hydrogen-bond donors (Lipinski definition) is 1. The fourth-order valence-electron chi connectivity index (χ4n) is 7.40. The van der Waals surface area contributed by atoms with Gasteiger partial charge in [-0.3, -0.25) is 19.2 Å². The van der Waals surface area contributed by atoms with Gasteiger partial charge >= 0.3 is 0 Å². The van der Waals surface area contributed by atoms with Gasteiger partial charge in [-0.25, -0.2) is 0 Å². The number of benzene rings is 1. The molecule has 8 rings (SSSR count). The Balaban J connectivity index is 1.07. The first-order valence-electron chi connectivity index (χ1n) is 15.6. The van der Waals surface area contributed by atoms with Crippen molar-refractivity contribution in [1.82, 2.24) is 19.2 Å². The number of ether oxygens (including phenoxy) is 1. The van der Waals surface area contributed by atoms with Gasteiger partial charge in [-0.1, -0.05) is 26.0 Å². The van der Waals surface area contributed by atoms with E-state index in [4.69, 9.17) is 9.84 Å². The number of hydrogen-bond acceptors (Lipinski definition) is 7. The van der Waals surface area contributed by atoms with Gasteiger partial charge in [0.05, 0.1) is 36.4 Å². The first-order valence-corrected chi connectivity index (χ1v) is 16.4. The van der Waals surface area contributed by atoms with Crippen LogP contribution in [0.2, 0.25) is 0 Å². The maximum absolute atomic E-state index is 13.9. The van der Waals surface area contributed by atoms with Crippen molar-refractivity contribution < 1.29 is 9.53 Å². The summed E-state index contributed by atoms with van der Waals surface area (Å²) in [6.07, 6.45) is 4.88. The maximum Gasteiger partial charge on any atom is 0.274 e. The second-order valence-electron chi connectivity index (χ2n) is 13.6. The highest BCUT2D eigenvalue weighted by atomic mass is 32.1. The monoisotopic (exact) mass is 610 g/mol. The molecule has 0 unspecified atom stereocenters. The van der Waals surface area contributed by atoms with Crippen LogP contribution in [0.3, 0.4) is 0 Å². The fourth-order valence-corrected chi connectivity index (χ4v) is 8.97. The van der Waals surface area contributed by atoms with Gasteiger partial charge in [-0.2, -0.15) is 5.10 Å². The van der Waals surface area contributed by atoms with E-state index in [9.17, 15) is 9.59 Å². The summed E-state index contributed by atoms with van der Waals surface area (Å²) in [4.78, 5) is 33.8. The first kappa shape index (κ1) is 27.8. The Labute approximate surface area is 261 Å². The molecule has 1 amide bonds. The summed E-state index contributed by atoms with van der Waals surface area (Å²) in [5.74, 6) is 0.783. The molecule has 0 radical (unpaired) electrons. The van der Waals surface area contributed by atoms with Gasteiger partial charge in [0.2, 0.25) is 0 Å². The number of pyridine rings is 1. The lowest BCUT2D eigenvalue weighted by Crippen LogP contribution is -2.51. The minimum atomic E-state index is -0.116. The molecule has 0 bridgehead atoms. The van der Waals surface area contributed by atoms with E-state index in [2.05, 4.69) is 37.1 Å². The van der Waals surface area contributed by atoms with E-state index in [0.717, 1.165) is 85.1 Å². The minimum Gasteiger partial charge on any atom is -0.378 e. The highest BCUT2D eigenvalue weighted by molar-refractivity contribution is 7.14. The third-order valence-electron chi connectivity index (χ3n) is 9.84. The van der Waals surface area contributed by atoms with Crippen LogP contribution in [0.4, 0.5) is 17.2 Å². The summed E-state index contributed by atoms with van der Waals surface area (Å²) in [5.41, 5.74) is 8.36. The van der Waals surface area contributed by atoms with E-state index < -0.39 is 0 Å². The van der Waals surface area contributed by atoms with Crippen LogP contribution in [0, 0.1) is 12.3 Å². The lowest BCUT2D eigenvalue weighted by molar-refractivity contribution is -0.0735. The smallest absolute Gasteiger partial charge is 0.274 e. The number of nitrogens with zero attached hydrogens (tertiary/aromatic N) is 5. The molecule has 4 aromatic rings. The zero-order valence-electron chi connectivity index (χ0n) is 25.8. The largest absolute Gasteiger partial charge is 0.378 e. The van der Waals surface area contributed by atoms with Crippen molar-refractivity contribution in [3.05, 3.63) is 79.0 Å². The van der Waals surface area contributed by atoms with Crippen LogP contribution in [0.25, 0.3) is 11.1 Å². The molecule has 0 spiro atoms. The summed E-state index contributed by atoms with van der Waals surface area (Å²) >= 11 is 1.71. The van der Waals surface area contributed by atoms with Gasteiger partial charge < -0.3 is 19.5 Å². The van der Waals surface area contributed by atoms with Crippen LogP contribution >= 0.6 is 11.3 Å². The molecule has 228 valence electrons. The van der Waals surface area contributed by atoms with E-state index in [1.165, 1.54) is 16.0 Å². The van der Waals surface area contributed by atoms with Crippen molar-refractivity contribution in [2.75, 3.05) is 36.5 Å². The molecule has 1 fully saturated rings. The molecule has 1 aromatic carbocycles.